The number of fused-ring (bicyclic) bond motifs is 2. The van der Waals surface area contributed by atoms with Gasteiger partial charge in [0.25, 0.3) is 0 Å². The van der Waals surface area contributed by atoms with Crippen molar-refractivity contribution in [1.82, 2.24) is 28.7 Å². The van der Waals surface area contributed by atoms with Gasteiger partial charge < -0.3 is 24.8 Å². The second kappa shape index (κ2) is 16.9. The molecule has 6 aromatic rings. The first-order chi connectivity index (χ1) is 22.9. The smallest absolute Gasteiger partial charge is 0.174 e. The molecule has 0 fully saturated rings. The van der Waals surface area contributed by atoms with Crippen LogP contribution >= 0.6 is 23.5 Å². The molecule has 13 heteroatoms. The Balaban J connectivity index is 0.000000202. The highest BCUT2D eigenvalue weighted by atomic mass is 32.2. The lowest BCUT2D eigenvalue weighted by Gasteiger charge is -2.17. The van der Waals surface area contributed by atoms with E-state index in [4.69, 9.17) is 24.5 Å². The van der Waals surface area contributed by atoms with Crippen molar-refractivity contribution < 1.29 is 14.6 Å². The normalized spacial score (nSPS) is 10.6. The molecule has 0 amide bonds. The van der Waals surface area contributed by atoms with Crippen molar-refractivity contribution in [2.24, 2.45) is 0 Å². The number of benzene rings is 2. The molecule has 4 aromatic heterocycles. The number of aliphatic hydroxyl groups excluding tert-OH is 1. The number of rotatable bonds is 10. The Morgan fingerprint density at radius 2 is 1.23 bits per heavy atom. The predicted molar refractivity (Wildman–Crippen MR) is 195 cm³/mol. The van der Waals surface area contributed by atoms with Gasteiger partial charge in [-0.15, -0.1) is 0 Å². The van der Waals surface area contributed by atoms with Crippen molar-refractivity contribution in [2.75, 3.05) is 64.2 Å². The van der Waals surface area contributed by atoms with Gasteiger partial charge in [-0.05, 0) is 35.8 Å². The molecule has 248 valence electrons. The van der Waals surface area contributed by atoms with E-state index < -0.39 is 0 Å². The number of aromatic nitrogens is 6. The van der Waals surface area contributed by atoms with E-state index in [1.165, 1.54) is 0 Å². The summed E-state index contributed by atoms with van der Waals surface area (Å²) in [4.78, 5) is 20.4. The van der Waals surface area contributed by atoms with Crippen LogP contribution in [0.4, 0.5) is 11.4 Å². The van der Waals surface area contributed by atoms with Gasteiger partial charge in [-0.1, -0.05) is 49.5 Å². The molecule has 47 heavy (non-hydrogen) atoms. The molecule has 0 unspecified atom stereocenters. The molecule has 11 nitrogen and oxygen atoms in total. The van der Waals surface area contributed by atoms with Gasteiger partial charge >= 0.3 is 0 Å². The zero-order valence-electron chi connectivity index (χ0n) is 28.1. The van der Waals surface area contributed by atoms with E-state index in [9.17, 15) is 0 Å². The number of thioether (sulfide) groups is 2. The summed E-state index contributed by atoms with van der Waals surface area (Å²) in [5.74, 6) is 3.56. The van der Waals surface area contributed by atoms with Crippen molar-refractivity contribution in [1.29, 1.82) is 0 Å². The standard InChI is InChI=1S/C17H20N4OS.C16H18N4OS.CH4O/c1-5-23-17-19-13(11-16-18-8-9-21(16)17)12-6-7-14(20(2)3)15(10-12)22-4;1-4-22-16-19-13(10-15-18-7-8-20(15)16)11-5-6-12(17-2)14(9-11)21-3;1-2/h6-11H,5H2,1-4H3;5-10,17H,4H2,1-3H3;2H,1H3. The van der Waals surface area contributed by atoms with Crippen LogP contribution < -0.4 is 19.7 Å². The monoisotopic (exact) mass is 674 g/mol. The van der Waals surface area contributed by atoms with Crippen molar-refractivity contribution in [3.8, 4) is 34.0 Å². The number of hydrogen-bond acceptors (Lipinski definition) is 11. The highest BCUT2D eigenvalue weighted by Crippen LogP contribution is 2.33. The van der Waals surface area contributed by atoms with Crippen LogP contribution in [0, 0.1) is 0 Å². The molecule has 0 aliphatic carbocycles. The number of nitrogens with one attached hydrogen (secondary N) is 1. The van der Waals surface area contributed by atoms with Crippen LogP contribution in [0.2, 0.25) is 0 Å². The number of anilines is 2. The molecule has 2 aromatic carbocycles. The van der Waals surface area contributed by atoms with Crippen molar-refractivity contribution in [3.63, 3.8) is 0 Å². The van der Waals surface area contributed by atoms with Crippen molar-refractivity contribution in [3.05, 3.63) is 73.3 Å². The zero-order chi connectivity index (χ0) is 33.9. The molecule has 0 atom stereocenters. The lowest BCUT2D eigenvalue weighted by molar-refractivity contribution is 0.399. The van der Waals surface area contributed by atoms with E-state index in [1.54, 1.807) is 50.1 Å². The van der Waals surface area contributed by atoms with Gasteiger partial charge in [0.05, 0.1) is 37.0 Å². The molecular formula is C34H42N8O3S2. The minimum absolute atomic E-state index is 0.801. The molecule has 0 bridgehead atoms. The van der Waals surface area contributed by atoms with Gasteiger partial charge in [0.2, 0.25) is 0 Å². The van der Waals surface area contributed by atoms with E-state index in [1.807, 2.05) is 83.6 Å². The van der Waals surface area contributed by atoms with Gasteiger partial charge in [-0.25, -0.2) is 19.9 Å². The maximum atomic E-state index is 7.00. The van der Waals surface area contributed by atoms with Crippen LogP contribution in [0.1, 0.15) is 13.8 Å². The Hall–Kier alpha value is -4.46. The first-order valence-electron chi connectivity index (χ1n) is 15.0. The molecule has 4 heterocycles. The number of imidazole rings is 2. The number of nitrogens with zero attached hydrogens (tertiary/aromatic N) is 7. The molecule has 0 saturated carbocycles. The second-order valence-corrected chi connectivity index (χ2v) is 12.4. The summed E-state index contributed by atoms with van der Waals surface area (Å²) < 4.78 is 15.0. The number of hydrogen-bond donors (Lipinski definition) is 2. The van der Waals surface area contributed by atoms with Crippen LogP contribution in [0.5, 0.6) is 11.5 Å². The van der Waals surface area contributed by atoms with Crippen LogP contribution in [0.25, 0.3) is 33.8 Å². The number of ether oxygens (including phenoxy) is 2. The molecule has 0 saturated heterocycles. The molecule has 0 aliphatic heterocycles. The van der Waals surface area contributed by atoms with E-state index in [0.717, 1.165) is 85.6 Å². The van der Waals surface area contributed by atoms with E-state index in [2.05, 4.69) is 41.3 Å². The van der Waals surface area contributed by atoms with Crippen molar-refractivity contribution in [2.45, 2.75) is 24.2 Å². The van der Waals surface area contributed by atoms with Gasteiger partial charge in [-0.2, -0.15) is 0 Å². The first kappa shape index (κ1) is 35.4. The fourth-order valence-corrected chi connectivity index (χ4v) is 6.24. The lowest BCUT2D eigenvalue weighted by atomic mass is 10.1. The fourth-order valence-electron chi connectivity index (χ4n) is 4.81. The first-order valence-corrected chi connectivity index (χ1v) is 17.0. The minimum atomic E-state index is 0.801. The fraction of sp³-hybridized carbons (Fsp3) is 0.294. The Morgan fingerprint density at radius 3 is 1.68 bits per heavy atom. The van der Waals surface area contributed by atoms with Gasteiger partial charge in [0.1, 0.15) is 22.8 Å². The van der Waals surface area contributed by atoms with Crippen LogP contribution in [0.15, 0.2) is 83.6 Å². The molecule has 6 rings (SSSR count). The Morgan fingerprint density at radius 1 is 0.745 bits per heavy atom. The van der Waals surface area contributed by atoms with Crippen molar-refractivity contribution >= 4 is 46.2 Å². The van der Waals surface area contributed by atoms with E-state index >= 15 is 0 Å². The molecule has 2 N–H and O–H groups in total. The van der Waals surface area contributed by atoms with Crippen LogP contribution in [-0.2, 0) is 0 Å². The van der Waals surface area contributed by atoms with Gasteiger partial charge in [0, 0.05) is 76.3 Å². The third kappa shape index (κ3) is 8.10. The molecular weight excluding hydrogens is 633 g/mol. The highest BCUT2D eigenvalue weighted by molar-refractivity contribution is 7.99. The molecule has 0 spiro atoms. The third-order valence-electron chi connectivity index (χ3n) is 6.99. The third-order valence-corrected chi connectivity index (χ3v) is 8.66. The predicted octanol–water partition coefficient (Wildman–Crippen LogP) is 6.75. The number of methoxy groups -OCH3 is 2. The Labute approximate surface area is 284 Å². The Kier molecular flexibility index (Phi) is 12.7. The molecule has 0 aliphatic rings. The summed E-state index contributed by atoms with van der Waals surface area (Å²) in [5.41, 5.74) is 7.64. The van der Waals surface area contributed by atoms with E-state index in [-0.39, 0.29) is 0 Å². The summed E-state index contributed by atoms with van der Waals surface area (Å²) >= 11 is 3.41. The minimum Gasteiger partial charge on any atom is -0.495 e. The van der Waals surface area contributed by atoms with E-state index in [0.29, 0.717) is 0 Å². The van der Waals surface area contributed by atoms with Gasteiger partial charge in [0.15, 0.2) is 10.3 Å². The highest BCUT2D eigenvalue weighted by Gasteiger charge is 2.13. The second-order valence-electron chi connectivity index (χ2n) is 9.97. The molecule has 0 radical (unpaired) electrons. The van der Waals surface area contributed by atoms with Gasteiger partial charge in [-0.3, -0.25) is 8.80 Å². The SMILES string of the molecule is CCSc1nc(-c2ccc(N(C)C)c(OC)c2)cc2nccn12.CCSc1nc(-c2ccc(NC)c(OC)c2)cc2nccn12.CO. The maximum absolute atomic E-state index is 7.00. The number of aliphatic hydroxyl groups is 1. The summed E-state index contributed by atoms with van der Waals surface area (Å²) in [6, 6.07) is 16.2. The average Bonchev–Trinajstić information content (AvgIpc) is 3.79. The average molecular weight is 675 g/mol. The van der Waals surface area contributed by atoms with Crippen LogP contribution in [0.3, 0.4) is 0 Å². The maximum Gasteiger partial charge on any atom is 0.174 e. The zero-order valence-corrected chi connectivity index (χ0v) is 29.7. The summed E-state index contributed by atoms with van der Waals surface area (Å²) in [6.07, 6.45) is 7.48. The summed E-state index contributed by atoms with van der Waals surface area (Å²) in [7, 11) is 10.2. The van der Waals surface area contributed by atoms with Crippen LogP contribution in [-0.4, -0.2) is 87.8 Å². The topological polar surface area (TPSA) is 114 Å². The summed E-state index contributed by atoms with van der Waals surface area (Å²) in [6.45, 7) is 4.24. The largest absolute Gasteiger partial charge is 0.495 e. The quantitative estimate of drug-likeness (QED) is 0.119. The Bertz CT molecular complexity index is 1910. The lowest BCUT2D eigenvalue weighted by Crippen LogP contribution is -2.10. The summed E-state index contributed by atoms with van der Waals surface area (Å²) in [5, 5.41) is 12.0.